The number of anilines is 1. The maximum atomic E-state index is 11.3. The highest BCUT2D eigenvalue weighted by Gasteiger charge is 2.10. The third-order valence-electron chi connectivity index (χ3n) is 3.41. The van der Waals surface area contributed by atoms with Crippen molar-refractivity contribution in [2.75, 3.05) is 5.73 Å². The van der Waals surface area contributed by atoms with Crippen LogP contribution in [0.1, 0.15) is 0 Å². The molecular weight excluding hydrogens is 312 g/mol. The molecule has 2 heterocycles. The molecule has 0 atom stereocenters. The van der Waals surface area contributed by atoms with Gasteiger partial charge in [-0.3, -0.25) is 4.98 Å². The number of pyridine rings is 2. The van der Waals surface area contributed by atoms with Gasteiger partial charge in [0.25, 0.3) is 0 Å². The third-order valence-corrected chi connectivity index (χ3v) is 4.34. The van der Waals surface area contributed by atoms with Crippen LogP contribution in [0.4, 0.5) is 5.82 Å². The SMILES string of the molecule is Nc1ncc(-c2ccc(S(N)(=O)=O)cc2)cc1-c1cccnc1. The van der Waals surface area contributed by atoms with E-state index in [4.69, 9.17) is 10.9 Å². The Hall–Kier alpha value is -2.77. The molecule has 0 fully saturated rings. The Balaban J connectivity index is 2.05. The molecule has 0 saturated carbocycles. The molecule has 1 aromatic carbocycles. The molecule has 23 heavy (non-hydrogen) atoms. The second kappa shape index (κ2) is 5.79. The number of nitrogen functional groups attached to an aromatic ring is 1. The zero-order valence-corrected chi connectivity index (χ0v) is 12.9. The average molecular weight is 326 g/mol. The molecule has 0 radical (unpaired) electrons. The van der Waals surface area contributed by atoms with E-state index in [0.29, 0.717) is 5.82 Å². The Morgan fingerprint density at radius 1 is 0.913 bits per heavy atom. The van der Waals surface area contributed by atoms with Crippen LogP contribution in [0.25, 0.3) is 22.3 Å². The number of sulfonamides is 1. The van der Waals surface area contributed by atoms with E-state index in [0.717, 1.165) is 22.3 Å². The van der Waals surface area contributed by atoms with Crippen LogP contribution in [-0.2, 0) is 10.0 Å². The van der Waals surface area contributed by atoms with Gasteiger partial charge >= 0.3 is 0 Å². The van der Waals surface area contributed by atoms with Gasteiger partial charge in [0.2, 0.25) is 10.0 Å². The van der Waals surface area contributed by atoms with Crippen LogP contribution in [0, 0.1) is 0 Å². The third kappa shape index (κ3) is 3.20. The minimum Gasteiger partial charge on any atom is -0.383 e. The summed E-state index contributed by atoms with van der Waals surface area (Å²) < 4.78 is 22.6. The maximum Gasteiger partial charge on any atom is 0.238 e. The van der Waals surface area contributed by atoms with Gasteiger partial charge in [-0.05, 0) is 29.8 Å². The number of primary sulfonamides is 1. The molecule has 0 amide bonds. The molecule has 7 heteroatoms. The lowest BCUT2D eigenvalue weighted by molar-refractivity contribution is 0.598. The average Bonchev–Trinajstić information content (AvgIpc) is 2.55. The van der Waals surface area contributed by atoms with Crippen molar-refractivity contribution in [3.05, 3.63) is 61.1 Å². The van der Waals surface area contributed by atoms with E-state index in [2.05, 4.69) is 9.97 Å². The molecule has 4 N–H and O–H groups in total. The van der Waals surface area contributed by atoms with Crippen molar-refractivity contribution in [1.82, 2.24) is 9.97 Å². The molecule has 0 aliphatic carbocycles. The van der Waals surface area contributed by atoms with E-state index in [1.165, 1.54) is 12.1 Å². The number of hydrogen-bond acceptors (Lipinski definition) is 5. The van der Waals surface area contributed by atoms with Crippen LogP contribution in [-0.4, -0.2) is 18.4 Å². The van der Waals surface area contributed by atoms with Gasteiger partial charge in [-0.25, -0.2) is 18.5 Å². The normalized spacial score (nSPS) is 11.3. The minimum atomic E-state index is -3.70. The fourth-order valence-electron chi connectivity index (χ4n) is 2.22. The van der Waals surface area contributed by atoms with Gasteiger partial charge in [0.05, 0.1) is 4.90 Å². The first-order valence-corrected chi connectivity index (χ1v) is 8.29. The van der Waals surface area contributed by atoms with Crippen molar-refractivity contribution in [1.29, 1.82) is 0 Å². The molecule has 0 unspecified atom stereocenters. The summed E-state index contributed by atoms with van der Waals surface area (Å²) in [7, 11) is -3.70. The quantitative estimate of drug-likeness (QED) is 0.765. The Morgan fingerprint density at radius 2 is 1.65 bits per heavy atom. The fourth-order valence-corrected chi connectivity index (χ4v) is 2.74. The number of aromatic nitrogens is 2. The maximum absolute atomic E-state index is 11.3. The van der Waals surface area contributed by atoms with Gasteiger partial charge in [-0.2, -0.15) is 0 Å². The summed E-state index contributed by atoms with van der Waals surface area (Å²) in [6, 6.07) is 11.9. The van der Waals surface area contributed by atoms with Gasteiger partial charge < -0.3 is 5.73 Å². The Morgan fingerprint density at radius 3 is 2.26 bits per heavy atom. The lowest BCUT2D eigenvalue weighted by Crippen LogP contribution is -2.11. The summed E-state index contributed by atoms with van der Waals surface area (Å²) in [5.41, 5.74) is 9.21. The van der Waals surface area contributed by atoms with E-state index in [1.54, 1.807) is 30.7 Å². The molecule has 116 valence electrons. The molecular formula is C16H14N4O2S. The van der Waals surface area contributed by atoms with Gasteiger partial charge in [0.1, 0.15) is 5.82 Å². The van der Waals surface area contributed by atoms with Gasteiger partial charge in [0.15, 0.2) is 0 Å². The number of rotatable bonds is 3. The fraction of sp³-hybridized carbons (Fsp3) is 0. The van der Waals surface area contributed by atoms with Crippen LogP contribution in [0.2, 0.25) is 0 Å². The second-order valence-electron chi connectivity index (χ2n) is 4.97. The highest BCUT2D eigenvalue weighted by molar-refractivity contribution is 7.89. The van der Waals surface area contributed by atoms with Crippen molar-refractivity contribution < 1.29 is 8.42 Å². The van der Waals surface area contributed by atoms with Crippen LogP contribution in [0.5, 0.6) is 0 Å². The molecule has 3 aromatic rings. The standard InChI is InChI=1S/C16H14N4O2S/c17-16-15(12-2-1-7-19-9-12)8-13(10-20-16)11-3-5-14(6-4-11)23(18,21)22/h1-10H,(H2,17,20)(H2,18,21,22). The first kappa shape index (κ1) is 15.1. The molecule has 3 rings (SSSR count). The molecule has 0 saturated heterocycles. The summed E-state index contributed by atoms with van der Waals surface area (Å²) in [5, 5.41) is 5.10. The van der Waals surface area contributed by atoms with Crippen molar-refractivity contribution in [3.63, 3.8) is 0 Å². The predicted octanol–water partition coefficient (Wildman–Crippen LogP) is 2.04. The van der Waals surface area contributed by atoms with Crippen molar-refractivity contribution in [2.45, 2.75) is 4.90 Å². The van der Waals surface area contributed by atoms with E-state index in [9.17, 15) is 8.42 Å². The lowest BCUT2D eigenvalue weighted by atomic mass is 10.0. The number of nitrogens with two attached hydrogens (primary N) is 2. The van der Waals surface area contributed by atoms with Crippen LogP contribution >= 0.6 is 0 Å². The number of nitrogens with zero attached hydrogens (tertiary/aromatic N) is 2. The van der Waals surface area contributed by atoms with Gasteiger partial charge in [-0.1, -0.05) is 18.2 Å². The van der Waals surface area contributed by atoms with Gasteiger partial charge in [0, 0.05) is 35.3 Å². The van der Waals surface area contributed by atoms with E-state index in [-0.39, 0.29) is 4.90 Å². The van der Waals surface area contributed by atoms with Crippen molar-refractivity contribution in [2.24, 2.45) is 5.14 Å². The molecule has 2 aromatic heterocycles. The van der Waals surface area contributed by atoms with Crippen LogP contribution in [0.3, 0.4) is 0 Å². The Kier molecular flexibility index (Phi) is 3.81. The second-order valence-corrected chi connectivity index (χ2v) is 6.53. The predicted molar refractivity (Wildman–Crippen MR) is 88.7 cm³/mol. The summed E-state index contributed by atoms with van der Waals surface area (Å²) in [6.07, 6.45) is 5.03. The molecule has 0 bridgehead atoms. The zero-order chi connectivity index (χ0) is 16.4. The van der Waals surface area contributed by atoms with E-state index in [1.807, 2.05) is 18.2 Å². The first-order chi connectivity index (χ1) is 10.9. The number of benzene rings is 1. The summed E-state index contributed by atoms with van der Waals surface area (Å²) in [5.74, 6) is 0.405. The topological polar surface area (TPSA) is 112 Å². The first-order valence-electron chi connectivity index (χ1n) is 6.74. The monoisotopic (exact) mass is 326 g/mol. The Bertz CT molecular complexity index is 940. The van der Waals surface area contributed by atoms with Crippen molar-refractivity contribution >= 4 is 15.8 Å². The minimum absolute atomic E-state index is 0.0668. The largest absolute Gasteiger partial charge is 0.383 e. The summed E-state index contributed by atoms with van der Waals surface area (Å²) >= 11 is 0. The Labute approximate surface area is 133 Å². The van der Waals surface area contributed by atoms with Crippen LogP contribution < -0.4 is 10.9 Å². The molecule has 0 aliphatic heterocycles. The lowest BCUT2D eigenvalue weighted by Gasteiger charge is -2.08. The highest BCUT2D eigenvalue weighted by Crippen LogP contribution is 2.29. The molecule has 0 spiro atoms. The van der Waals surface area contributed by atoms with E-state index >= 15 is 0 Å². The molecule has 0 aliphatic rings. The zero-order valence-electron chi connectivity index (χ0n) is 12.0. The highest BCUT2D eigenvalue weighted by atomic mass is 32.2. The van der Waals surface area contributed by atoms with E-state index < -0.39 is 10.0 Å². The smallest absolute Gasteiger partial charge is 0.238 e. The number of hydrogen-bond donors (Lipinski definition) is 2. The summed E-state index contributed by atoms with van der Waals surface area (Å²) in [4.78, 5) is 8.36. The molecule has 6 nitrogen and oxygen atoms in total. The van der Waals surface area contributed by atoms with Crippen LogP contribution in [0.15, 0.2) is 66.0 Å². The van der Waals surface area contributed by atoms with Crippen molar-refractivity contribution in [3.8, 4) is 22.3 Å². The van der Waals surface area contributed by atoms with Gasteiger partial charge in [-0.15, -0.1) is 0 Å². The summed E-state index contributed by atoms with van der Waals surface area (Å²) in [6.45, 7) is 0.